The summed E-state index contributed by atoms with van der Waals surface area (Å²) in [6, 6.07) is 12.4. The Morgan fingerprint density at radius 2 is 1.85 bits per heavy atom. The van der Waals surface area contributed by atoms with Crippen molar-refractivity contribution < 1.29 is 14.5 Å². The maximum Gasteiger partial charge on any atom is 0.308 e. The number of nitrogens with zero attached hydrogens (tertiary/aromatic N) is 2. The molecule has 0 N–H and O–H groups in total. The molecule has 0 amide bonds. The van der Waals surface area contributed by atoms with Crippen LogP contribution in [0.5, 0.6) is 5.75 Å². The first-order valence-corrected chi connectivity index (χ1v) is 9.06. The number of carbonyl (C=O) groups excluding carboxylic acids is 1. The van der Waals surface area contributed by atoms with E-state index in [1.165, 1.54) is 25.1 Å². The zero-order chi connectivity index (χ0) is 18.8. The topological polar surface area (TPSA) is 72.7 Å². The van der Waals surface area contributed by atoms with E-state index in [-0.39, 0.29) is 17.5 Å². The Morgan fingerprint density at radius 1 is 1.19 bits per heavy atom. The van der Waals surface area contributed by atoms with E-state index in [0.717, 1.165) is 23.1 Å². The van der Waals surface area contributed by atoms with Crippen molar-refractivity contribution in [3.05, 3.63) is 68.2 Å². The summed E-state index contributed by atoms with van der Waals surface area (Å²) in [5, 5.41) is 11.3. The number of halogens is 1. The number of likely N-dealkylation sites (tertiary alicyclic amines) is 1. The average Bonchev–Trinajstić information content (AvgIpc) is 2.96. The smallest absolute Gasteiger partial charge is 0.308 e. The highest BCUT2D eigenvalue weighted by Crippen LogP contribution is 2.45. The summed E-state index contributed by atoms with van der Waals surface area (Å²) in [6.45, 7) is 2.87. The molecule has 0 aliphatic carbocycles. The molecule has 1 saturated heterocycles. The Morgan fingerprint density at radius 3 is 2.46 bits per heavy atom. The third kappa shape index (κ3) is 3.78. The van der Waals surface area contributed by atoms with E-state index in [1.54, 1.807) is 0 Å². The van der Waals surface area contributed by atoms with E-state index >= 15 is 0 Å². The minimum Gasteiger partial charge on any atom is -0.426 e. The molecule has 1 aliphatic heterocycles. The zero-order valence-corrected chi connectivity index (χ0v) is 16.1. The first-order valence-electron chi connectivity index (χ1n) is 8.26. The van der Waals surface area contributed by atoms with Crippen LogP contribution in [0.2, 0.25) is 0 Å². The fourth-order valence-corrected chi connectivity index (χ4v) is 4.17. The molecule has 0 spiro atoms. The standard InChI is InChI=1S/C19H19BrN2O4/c1-12(23)26-19-8-7-13(22(24)25)9-15(19)17-11-21(2)10-16(17)14-5-3-4-6-18(14)20/h3-9,16-17H,10-11H2,1-2H3/t16-,17?/m1/s1. The predicted molar refractivity (Wildman–Crippen MR) is 102 cm³/mol. The molecule has 1 unspecified atom stereocenters. The summed E-state index contributed by atoms with van der Waals surface area (Å²) in [5.41, 5.74) is 1.83. The molecule has 1 heterocycles. The Bertz CT molecular complexity index is 855. The van der Waals surface area contributed by atoms with Crippen LogP contribution in [0, 0.1) is 10.1 Å². The number of hydrogen-bond acceptors (Lipinski definition) is 5. The molecule has 7 heteroatoms. The van der Waals surface area contributed by atoms with E-state index in [1.807, 2.05) is 25.2 Å². The number of esters is 1. The number of nitro benzene ring substituents is 1. The largest absolute Gasteiger partial charge is 0.426 e. The molecule has 6 nitrogen and oxygen atoms in total. The monoisotopic (exact) mass is 418 g/mol. The highest BCUT2D eigenvalue weighted by Gasteiger charge is 2.36. The van der Waals surface area contributed by atoms with Crippen molar-refractivity contribution in [1.82, 2.24) is 4.90 Å². The molecule has 2 atom stereocenters. The number of nitro groups is 1. The van der Waals surface area contributed by atoms with Crippen LogP contribution in [0.1, 0.15) is 29.9 Å². The maximum absolute atomic E-state index is 11.5. The molecule has 1 aliphatic rings. The fourth-order valence-electron chi connectivity index (χ4n) is 3.59. The quantitative estimate of drug-likeness (QED) is 0.323. The third-order valence-corrected chi connectivity index (χ3v) is 5.39. The minimum absolute atomic E-state index is 0.00340. The Balaban J connectivity index is 2.09. The van der Waals surface area contributed by atoms with E-state index in [9.17, 15) is 14.9 Å². The van der Waals surface area contributed by atoms with Gasteiger partial charge in [-0.05, 0) is 24.7 Å². The molecule has 0 bridgehead atoms. The predicted octanol–water partition coefficient (Wildman–Crippen LogP) is 4.10. The molecule has 1 fully saturated rings. The maximum atomic E-state index is 11.5. The zero-order valence-electron chi connectivity index (χ0n) is 14.5. The van der Waals surface area contributed by atoms with Gasteiger partial charge in [-0.25, -0.2) is 0 Å². The van der Waals surface area contributed by atoms with Gasteiger partial charge in [0.1, 0.15) is 5.75 Å². The number of benzene rings is 2. The molecule has 0 saturated carbocycles. The van der Waals surface area contributed by atoms with Gasteiger partial charge in [0.2, 0.25) is 0 Å². The van der Waals surface area contributed by atoms with Crippen LogP contribution in [-0.2, 0) is 4.79 Å². The normalized spacial score (nSPS) is 20.1. The number of rotatable bonds is 4. The Hall–Kier alpha value is -2.25. The van der Waals surface area contributed by atoms with Crippen molar-refractivity contribution >= 4 is 27.6 Å². The molecule has 0 aromatic heterocycles. The lowest BCUT2D eigenvalue weighted by Gasteiger charge is -2.22. The van der Waals surface area contributed by atoms with Gasteiger partial charge in [0.15, 0.2) is 0 Å². The Labute approximate surface area is 160 Å². The van der Waals surface area contributed by atoms with Gasteiger partial charge < -0.3 is 9.64 Å². The van der Waals surface area contributed by atoms with E-state index in [0.29, 0.717) is 11.3 Å². The first-order chi connectivity index (χ1) is 12.4. The van der Waals surface area contributed by atoms with Crippen molar-refractivity contribution in [3.63, 3.8) is 0 Å². The van der Waals surface area contributed by atoms with Gasteiger partial charge in [-0.3, -0.25) is 14.9 Å². The molecule has 2 aromatic carbocycles. The van der Waals surface area contributed by atoms with Crippen LogP contribution in [0.3, 0.4) is 0 Å². The average molecular weight is 419 g/mol. The van der Waals surface area contributed by atoms with Crippen molar-refractivity contribution in [1.29, 1.82) is 0 Å². The molecule has 2 aromatic rings. The molecule has 3 rings (SSSR count). The van der Waals surface area contributed by atoms with Crippen LogP contribution < -0.4 is 4.74 Å². The second-order valence-corrected chi connectivity index (χ2v) is 7.38. The number of likely N-dealkylation sites (N-methyl/N-ethyl adjacent to an activating group) is 1. The molecule has 136 valence electrons. The summed E-state index contributed by atoms with van der Waals surface area (Å²) in [6.07, 6.45) is 0. The van der Waals surface area contributed by atoms with Gasteiger partial charge in [-0.1, -0.05) is 34.1 Å². The van der Waals surface area contributed by atoms with Crippen molar-refractivity contribution in [2.75, 3.05) is 20.1 Å². The van der Waals surface area contributed by atoms with E-state index in [2.05, 4.69) is 26.9 Å². The van der Waals surface area contributed by atoms with Gasteiger partial charge in [0.25, 0.3) is 5.69 Å². The number of hydrogen-bond donors (Lipinski definition) is 0. The van der Waals surface area contributed by atoms with E-state index < -0.39 is 10.9 Å². The fraction of sp³-hybridized carbons (Fsp3) is 0.316. The SMILES string of the molecule is CC(=O)Oc1ccc([N+](=O)[O-])cc1C1CN(C)C[C@@H]1c1ccccc1Br. The van der Waals surface area contributed by atoms with Crippen LogP contribution in [0.4, 0.5) is 5.69 Å². The molecule has 0 radical (unpaired) electrons. The van der Waals surface area contributed by atoms with Gasteiger partial charge in [-0.2, -0.15) is 0 Å². The Kier molecular flexibility index (Phi) is 5.38. The van der Waals surface area contributed by atoms with Crippen molar-refractivity contribution in [2.24, 2.45) is 0 Å². The van der Waals surface area contributed by atoms with Gasteiger partial charge in [0, 0.05) is 54.0 Å². The summed E-state index contributed by atoms with van der Waals surface area (Å²) in [4.78, 5) is 24.5. The summed E-state index contributed by atoms with van der Waals surface area (Å²) in [5.74, 6) is 0.0594. The summed E-state index contributed by atoms with van der Waals surface area (Å²) >= 11 is 3.61. The third-order valence-electron chi connectivity index (χ3n) is 4.66. The molecular formula is C19H19BrN2O4. The van der Waals surface area contributed by atoms with Crippen molar-refractivity contribution in [3.8, 4) is 5.75 Å². The van der Waals surface area contributed by atoms with Gasteiger partial charge >= 0.3 is 5.97 Å². The molecular weight excluding hydrogens is 400 g/mol. The van der Waals surface area contributed by atoms with Gasteiger partial charge in [-0.15, -0.1) is 0 Å². The first kappa shape index (κ1) is 18.5. The number of non-ortho nitro benzene ring substituents is 1. The van der Waals surface area contributed by atoms with E-state index in [4.69, 9.17) is 4.74 Å². The second kappa shape index (κ2) is 7.55. The lowest BCUT2D eigenvalue weighted by molar-refractivity contribution is -0.385. The van der Waals surface area contributed by atoms with Crippen molar-refractivity contribution in [2.45, 2.75) is 18.8 Å². The second-order valence-electron chi connectivity index (χ2n) is 6.53. The summed E-state index contributed by atoms with van der Waals surface area (Å²) < 4.78 is 6.35. The van der Waals surface area contributed by atoms with Crippen LogP contribution >= 0.6 is 15.9 Å². The highest BCUT2D eigenvalue weighted by molar-refractivity contribution is 9.10. The molecule has 26 heavy (non-hydrogen) atoms. The number of carbonyl (C=O) groups is 1. The summed E-state index contributed by atoms with van der Waals surface area (Å²) in [7, 11) is 2.02. The van der Waals surface area contributed by atoms with Gasteiger partial charge in [0.05, 0.1) is 4.92 Å². The lowest BCUT2D eigenvalue weighted by Crippen LogP contribution is -2.14. The highest BCUT2D eigenvalue weighted by atomic mass is 79.9. The van der Waals surface area contributed by atoms with Crippen LogP contribution in [0.15, 0.2) is 46.9 Å². The van der Waals surface area contributed by atoms with Crippen LogP contribution in [0.25, 0.3) is 0 Å². The minimum atomic E-state index is -0.441. The number of ether oxygens (including phenoxy) is 1. The lowest BCUT2D eigenvalue weighted by atomic mass is 9.83. The van der Waals surface area contributed by atoms with Crippen LogP contribution in [-0.4, -0.2) is 35.9 Å².